The molecule has 1 aliphatic heterocycles. The third-order valence-corrected chi connectivity index (χ3v) is 6.17. The van der Waals surface area contributed by atoms with E-state index in [0.717, 1.165) is 0 Å². The van der Waals surface area contributed by atoms with Crippen molar-refractivity contribution in [1.29, 1.82) is 0 Å². The molecule has 13 heteroatoms. The van der Waals surface area contributed by atoms with Crippen molar-refractivity contribution < 1.29 is 18.9 Å². The van der Waals surface area contributed by atoms with Gasteiger partial charge in [0.1, 0.15) is 5.69 Å². The SMILES string of the molecule is O=C(NC(=S)Nc1cc(-c2nc3ncccc3o2)ccc1Cl)c1ccc(N2CCOCC2)c([N+](=O)[O-])c1. The lowest BCUT2D eigenvalue weighted by Crippen LogP contribution is -2.37. The van der Waals surface area contributed by atoms with Crippen LogP contribution in [0, 0.1) is 10.1 Å². The first-order chi connectivity index (χ1) is 17.9. The van der Waals surface area contributed by atoms with E-state index in [9.17, 15) is 14.9 Å². The molecule has 0 saturated carbocycles. The van der Waals surface area contributed by atoms with Crippen LogP contribution in [0.1, 0.15) is 10.4 Å². The number of thiocarbonyl (C=S) groups is 1. The van der Waals surface area contributed by atoms with Crippen molar-refractivity contribution in [2.24, 2.45) is 0 Å². The minimum atomic E-state index is -0.605. The van der Waals surface area contributed by atoms with E-state index in [1.165, 1.54) is 12.1 Å². The molecule has 4 aromatic rings. The Morgan fingerprint density at radius 3 is 2.73 bits per heavy atom. The molecule has 37 heavy (non-hydrogen) atoms. The van der Waals surface area contributed by atoms with Crippen LogP contribution in [0.3, 0.4) is 0 Å². The number of benzene rings is 2. The molecule has 0 bridgehead atoms. The predicted molar refractivity (Wildman–Crippen MR) is 142 cm³/mol. The van der Waals surface area contributed by atoms with Gasteiger partial charge in [0.15, 0.2) is 16.3 Å². The summed E-state index contributed by atoms with van der Waals surface area (Å²) in [6.07, 6.45) is 1.62. The minimum Gasteiger partial charge on any atom is -0.434 e. The molecule has 11 nitrogen and oxygen atoms in total. The molecule has 188 valence electrons. The molecule has 1 amide bonds. The van der Waals surface area contributed by atoms with Gasteiger partial charge < -0.3 is 19.4 Å². The van der Waals surface area contributed by atoms with Crippen LogP contribution < -0.4 is 15.5 Å². The van der Waals surface area contributed by atoms with Crippen LogP contribution >= 0.6 is 23.8 Å². The van der Waals surface area contributed by atoms with Crippen LogP contribution in [0.25, 0.3) is 22.7 Å². The van der Waals surface area contributed by atoms with Gasteiger partial charge in [-0.05, 0) is 54.7 Å². The first-order valence-corrected chi connectivity index (χ1v) is 11.9. The Labute approximate surface area is 220 Å². The van der Waals surface area contributed by atoms with E-state index in [4.69, 9.17) is 33.0 Å². The Balaban J connectivity index is 1.31. The third kappa shape index (κ3) is 5.35. The standard InChI is InChI=1S/C24H19ClN6O5S/c25-16-5-3-15(23-28-21-20(36-23)2-1-7-26-21)12-17(16)27-24(37)29-22(32)14-4-6-18(19(13-14)31(33)34)30-8-10-35-11-9-30/h1-7,12-13H,8-11H2,(H2,27,29,32,37). The normalized spacial score (nSPS) is 13.4. The van der Waals surface area contributed by atoms with E-state index in [-0.39, 0.29) is 16.4 Å². The number of hydrogen-bond donors (Lipinski definition) is 2. The van der Waals surface area contributed by atoms with Gasteiger partial charge in [-0.25, -0.2) is 4.98 Å². The number of anilines is 2. The zero-order chi connectivity index (χ0) is 25.9. The number of morpholine rings is 1. The molecule has 1 aliphatic rings. The second-order valence-electron chi connectivity index (χ2n) is 8.01. The summed E-state index contributed by atoms with van der Waals surface area (Å²) in [5, 5.41) is 17.4. The highest BCUT2D eigenvalue weighted by molar-refractivity contribution is 7.80. The molecule has 2 aromatic carbocycles. The molecular weight excluding hydrogens is 520 g/mol. The largest absolute Gasteiger partial charge is 0.434 e. The summed E-state index contributed by atoms with van der Waals surface area (Å²) in [7, 11) is 0. The van der Waals surface area contributed by atoms with E-state index in [1.807, 2.05) is 4.90 Å². The molecule has 1 saturated heterocycles. The van der Waals surface area contributed by atoms with Crippen LogP contribution in [-0.2, 0) is 4.74 Å². The van der Waals surface area contributed by atoms with Gasteiger partial charge in [0, 0.05) is 36.5 Å². The molecule has 0 aliphatic carbocycles. The summed E-state index contributed by atoms with van der Waals surface area (Å²) in [6.45, 7) is 2.01. The molecule has 0 radical (unpaired) electrons. The zero-order valence-electron chi connectivity index (χ0n) is 19.1. The van der Waals surface area contributed by atoms with E-state index in [2.05, 4.69) is 20.6 Å². The van der Waals surface area contributed by atoms with Gasteiger partial charge >= 0.3 is 0 Å². The van der Waals surface area contributed by atoms with Crippen LogP contribution in [-0.4, -0.2) is 52.2 Å². The fourth-order valence-electron chi connectivity index (χ4n) is 3.86. The van der Waals surface area contributed by atoms with Crippen LogP contribution in [0.4, 0.5) is 17.1 Å². The van der Waals surface area contributed by atoms with Gasteiger partial charge in [-0.3, -0.25) is 20.2 Å². The monoisotopic (exact) mass is 538 g/mol. The molecule has 0 unspecified atom stereocenters. The maximum absolute atomic E-state index is 12.8. The summed E-state index contributed by atoms with van der Waals surface area (Å²) in [4.78, 5) is 34.4. The van der Waals surface area contributed by atoms with Crippen molar-refractivity contribution in [3.05, 3.63) is 75.4 Å². The maximum atomic E-state index is 12.8. The summed E-state index contributed by atoms with van der Waals surface area (Å²) >= 11 is 11.6. The molecule has 0 atom stereocenters. The van der Waals surface area contributed by atoms with Gasteiger partial charge in [0.05, 0.1) is 28.8 Å². The van der Waals surface area contributed by atoms with E-state index in [1.54, 1.807) is 42.6 Å². The summed E-state index contributed by atoms with van der Waals surface area (Å²) < 4.78 is 11.1. The van der Waals surface area contributed by atoms with Gasteiger partial charge in [-0.15, -0.1) is 0 Å². The lowest BCUT2D eigenvalue weighted by atomic mass is 10.1. The van der Waals surface area contributed by atoms with Crippen molar-refractivity contribution in [2.45, 2.75) is 0 Å². The first-order valence-electron chi connectivity index (χ1n) is 11.1. The Morgan fingerprint density at radius 2 is 1.97 bits per heavy atom. The number of fused-ring (bicyclic) bond motifs is 1. The van der Waals surface area contributed by atoms with Gasteiger partial charge in [-0.1, -0.05) is 11.6 Å². The Morgan fingerprint density at radius 1 is 1.16 bits per heavy atom. The van der Waals surface area contributed by atoms with Gasteiger partial charge in [-0.2, -0.15) is 4.98 Å². The fourth-order valence-corrected chi connectivity index (χ4v) is 4.23. The second-order valence-corrected chi connectivity index (χ2v) is 8.82. The number of nitro groups is 1. The fraction of sp³-hybridized carbons (Fsp3) is 0.167. The third-order valence-electron chi connectivity index (χ3n) is 5.64. The lowest BCUT2D eigenvalue weighted by Gasteiger charge is -2.28. The van der Waals surface area contributed by atoms with Crippen molar-refractivity contribution in [2.75, 3.05) is 36.5 Å². The van der Waals surface area contributed by atoms with Crippen molar-refractivity contribution in [1.82, 2.24) is 15.3 Å². The summed E-state index contributed by atoms with van der Waals surface area (Å²) in [6, 6.07) is 12.9. The number of nitro benzene ring substituents is 1. The molecule has 2 N–H and O–H groups in total. The molecule has 5 rings (SSSR count). The predicted octanol–water partition coefficient (Wildman–Crippen LogP) is 4.41. The van der Waals surface area contributed by atoms with Gasteiger partial charge in [0.25, 0.3) is 11.6 Å². The Bertz CT molecular complexity index is 1490. The average molecular weight is 539 g/mol. The highest BCUT2D eigenvalue weighted by Crippen LogP contribution is 2.31. The summed E-state index contributed by atoms with van der Waals surface area (Å²) in [5.41, 5.74) is 2.39. The van der Waals surface area contributed by atoms with E-state index < -0.39 is 10.8 Å². The smallest absolute Gasteiger partial charge is 0.293 e. The van der Waals surface area contributed by atoms with Crippen LogP contribution in [0.5, 0.6) is 0 Å². The number of amides is 1. The number of nitrogens with one attached hydrogen (secondary N) is 2. The minimum absolute atomic E-state index is 0.0387. The molecule has 3 heterocycles. The number of pyridine rings is 1. The van der Waals surface area contributed by atoms with E-state index >= 15 is 0 Å². The maximum Gasteiger partial charge on any atom is 0.293 e. The van der Waals surface area contributed by atoms with Crippen LogP contribution in [0.2, 0.25) is 5.02 Å². The Hall–Kier alpha value is -4.13. The molecular formula is C24H19ClN6O5S. The number of halogens is 1. The number of carbonyl (C=O) groups is 1. The Kier molecular flexibility index (Phi) is 6.95. The second kappa shape index (κ2) is 10.5. The molecule has 2 aromatic heterocycles. The zero-order valence-corrected chi connectivity index (χ0v) is 20.7. The number of nitrogens with zero attached hydrogens (tertiary/aromatic N) is 4. The molecule has 0 spiro atoms. The quantitative estimate of drug-likeness (QED) is 0.213. The highest BCUT2D eigenvalue weighted by Gasteiger charge is 2.24. The van der Waals surface area contributed by atoms with Crippen molar-refractivity contribution >= 4 is 63.1 Å². The number of ether oxygens (including phenoxy) is 1. The van der Waals surface area contributed by atoms with Crippen molar-refractivity contribution in [3.63, 3.8) is 0 Å². The average Bonchev–Trinajstić information content (AvgIpc) is 3.34. The number of aromatic nitrogens is 2. The van der Waals surface area contributed by atoms with E-state index in [0.29, 0.717) is 65.4 Å². The first kappa shape index (κ1) is 24.6. The number of rotatable bonds is 5. The van der Waals surface area contributed by atoms with Gasteiger partial charge in [0.2, 0.25) is 5.89 Å². The van der Waals surface area contributed by atoms with Crippen LogP contribution in [0.15, 0.2) is 59.1 Å². The lowest BCUT2D eigenvalue weighted by molar-refractivity contribution is -0.384. The topological polar surface area (TPSA) is 136 Å². The number of carbonyl (C=O) groups excluding carboxylic acids is 1. The number of oxazole rings is 1. The highest BCUT2D eigenvalue weighted by atomic mass is 35.5. The number of hydrogen-bond acceptors (Lipinski definition) is 9. The van der Waals surface area contributed by atoms with Crippen molar-refractivity contribution in [3.8, 4) is 11.5 Å². The summed E-state index contributed by atoms with van der Waals surface area (Å²) in [5.74, 6) is -0.262. The molecule has 1 fully saturated rings.